The Balaban J connectivity index is 2.33. The molecule has 1 aromatic rings. The van der Waals surface area contributed by atoms with Crippen molar-refractivity contribution in [2.45, 2.75) is 6.10 Å². The Bertz CT molecular complexity index is 387. The molecule has 0 amide bonds. The van der Waals surface area contributed by atoms with Crippen LogP contribution in [0.5, 0.6) is 0 Å². The standard InChI is InChI=1S/C13H17Cl2NOS/c1-2-6-18-7-5-16-9-13(17)11-8-10(14)3-4-12(11)15/h2-4,8,13,16-17H,1,5-7,9H2. The van der Waals surface area contributed by atoms with Crippen LogP contribution in [0.3, 0.4) is 0 Å². The van der Waals surface area contributed by atoms with Crippen molar-refractivity contribution in [1.29, 1.82) is 0 Å². The number of thioether (sulfide) groups is 1. The highest BCUT2D eigenvalue weighted by Crippen LogP contribution is 2.25. The van der Waals surface area contributed by atoms with E-state index in [4.69, 9.17) is 23.2 Å². The van der Waals surface area contributed by atoms with Crippen LogP contribution in [-0.2, 0) is 0 Å². The molecule has 1 rings (SSSR count). The zero-order chi connectivity index (χ0) is 13.4. The molecule has 0 aliphatic carbocycles. The fraction of sp³-hybridized carbons (Fsp3) is 0.385. The number of hydrogen-bond donors (Lipinski definition) is 2. The van der Waals surface area contributed by atoms with Gasteiger partial charge in [-0.15, -0.1) is 6.58 Å². The number of rotatable bonds is 8. The van der Waals surface area contributed by atoms with Crippen LogP contribution in [0.25, 0.3) is 0 Å². The van der Waals surface area contributed by atoms with Gasteiger partial charge in [-0.25, -0.2) is 0 Å². The van der Waals surface area contributed by atoms with E-state index in [1.807, 2.05) is 6.08 Å². The molecular formula is C13H17Cl2NOS. The molecule has 5 heteroatoms. The Morgan fingerprint density at radius 3 is 2.94 bits per heavy atom. The third-order valence-corrected chi connectivity index (χ3v) is 3.86. The van der Waals surface area contributed by atoms with Crippen LogP contribution in [0.2, 0.25) is 10.0 Å². The minimum absolute atomic E-state index is 0.467. The largest absolute Gasteiger partial charge is 0.387 e. The lowest BCUT2D eigenvalue weighted by Gasteiger charge is -2.14. The molecule has 1 atom stereocenters. The zero-order valence-corrected chi connectivity index (χ0v) is 12.4. The summed E-state index contributed by atoms with van der Waals surface area (Å²) in [5, 5.41) is 14.3. The van der Waals surface area contributed by atoms with Crippen LogP contribution >= 0.6 is 35.0 Å². The van der Waals surface area contributed by atoms with Crippen LogP contribution in [-0.4, -0.2) is 29.7 Å². The zero-order valence-electron chi connectivity index (χ0n) is 10.0. The maximum atomic E-state index is 10.00. The molecule has 0 bridgehead atoms. The number of halogens is 2. The average Bonchev–Trinajstić information content (AvgIpc) is 2.36. The fourth-order valence-corrected chi connectivity index (χ4v) is 2.48. The Hall–Kier alpha value is -0.190. The van der Waals surface area contributed by atoms with Gasteiger partial charge >= 0.3 is 0 Å². The van der Waals surface area contributed by atoms with Gasteiger partial charge in [0, 0.05) is 40.2 Å². The van der Waals surface area contributed by atoms with Crippen molar-refractivity contribution in [3.63, 3.8) is 0 Å². The number of hydrogen-bond acceptors (Lipinski definition) is 3. The molecule has 0 aliphatic rings. The molecule has 0 spiro atoms. The highest BCUT2D eigenvalue weighted by Gasteiger charge is 2.11. The van der Waals surface area contributed by atoms with Gasteiger partial charge in [0.25, 0.3) is 0 Å². The number of aliphatic hydroxyl groups excluding tert-OH is 1. The minimum atomic E-state index is -0.638. The molecule has 0 heterocycles. The number of benzene rings is 1. The second-order valence-electron chi connectivity index (χ2n) is 3.75. The Morgan fingerprint density at radius 2 is 2.22 bits per heavy atom. The van der Waals surface area contributed by atoms with E-state index in [2.05, 4.69) is 11.9 Å². The van der Waals surface area contributed by atoms with E-state index in [1.54, 1.807) is 30.0 Å². The minimum Gasteiger partial charge on any atom is -0.387 e. The van der Waals surface area contributed by atoms with Gasteiger partial charge in [0.2, 0.25) is 0 Å². The molecule has 0 aliphatic heterocycles. The second kappa shape index (κ2) is 8.83. The van der Waals surface area contributed by atoms with Crippen molar-refractivity contribution in [3.05, 3.63) is 46.5 Å². The van der Waals surface area contributed by atoms with Crippen molar-refractivity contribution in [2.24, 2.45) is 0 Å². The summed E-state index contributed by atoms with van der Waals surface area (Å²) in [6.45, 7) is 4.96. The molecule has 2 N–H and O–H groups in total. The fourth-order valence-electron chi connectivity index (χ4n) is 1.43. The summed E-state index contributed by atoms with van der Waals surface area (Å²) >= 11 is 13.7. The Labute approximate surface area is 122 Å². The molecule has 0 radical (unpaired) electrons. The molecular weight excluding hydrogens is 289 g/mol. The predicted octanol–water partition coefficient (Wildman–Crippen LogP) is 3.54. The van der Waals surface area contributed by atoms with E-state index in [1.165, 1.54) is 0 Å². The first-order valence-corrected chi connectivity index (χ1v) is 7.58. The quantitative estimate of drug-likeness (QED) is 0.569. The monoisotopic (exact) mass is 305 g/mol. The van der Waals surface area contributed by atoms with E-state index in [0.717, 1.165) is 18.1 Å². The van der Waals surface area contributed by atoms with E-state index in [9.17, 15) is 5.11 Å². The third-order valence-electron chi connectivity index (χ3n) is 2.31. The van der Waals surface area contributed by atoms with E-state index < -0.39 is 6.10 Å². The van der Waals surface area contributed by atoms with Gasteiger partial charge in [0.05, 0.1) is 6.10 Å². The van der Waals surface area contributed by atoms with Crippen molar-refractivity contribution in [2.75, 3.05) is 24.6 Å². The lowest BCUT2D eigenvalue weighted by molar-refractivity contribution is 0.176. The van der Waals surface area contributed by atoms with Crippen molar-refractivity contribution < 1.29 is 5.11 Å². The highest BCUT2D eigenvalue weighted by atomic mass is 35.5. The van der Waals surface area contributed by atoms with Gasteiger partial charge in [-0.3, -0.25) is 0 Å². The SMILES string of the molecule is C=CCSCCNCC(O)c1cc(Cl)ccc1Cl. The molecule has 0 saturated carbocycles. The topological polar surface area (TPSA) is 32.3 Å². The second-order valence-corrected chi connectivity index (χ2v) is 5.74. The van der Waals surface area contributed by atoms with Gasteiger partial charge < -0.3 is 10.4 Å². The summed E-state index contributed by atoms with van der Waals surface area (Å²) < 4.78 is 0. The lowest BCUT2D eigenvalue weighted by Crippen LogP contribution is -2.24. The van der Waals surface area contributed by atoms with Gasteiger partial charge in [0.15, 0.2) is 0 Å². The maximum absolute atomic E-state index is 10.00. The first-order valence-electron chi connectivity index (χ1n) is 5.67. The lowest BCUT2D eigenvalue weighted by atomic mass is 10.1. The molecule has 0 saturated heterocycles. The maximum Gasteiger partial charge on any atom is 0.0929 e. The summed E-state index contributed by atoms with van der Waals surface area (Å²) in [4.78, 5) is 0. The van der Waals surface area contributed by atoms with Crippen LogP contribution in [0.1, 0.15) is 11.7 Å². The molecule has 0 fully saturated rings. The molecule has 1 unspecified atom stereocenters. The summed E-state index contributed by atoms with van der Waals surface area (Å²) in [5.41, 5.74) is 0.662. The molecule has 1 aromatic carbocycles. The van der Waals surface area contributed by atoms with Crippen LogP contribution in [0, 0.1) is 0 Å². The average molecular weight is 306 g/mol. The van der Waals surface area contributed by atoms with Gasteiger partial charge in [-0.2, -0.15) is 11.8 Å². The molecule has 100 valence electrons. The number of nitrogens with one attached hydrogen (secondary N) is 1. The molecule has 2 nitrogen and oxygen atoms in total. The van der Waals surface area contributed by atoms with Gasteiger partial charge in [0.1, 0.15) is 0 Å². The van der Waals surface area contributed by atoms with Crippen LogP contribution < -0.4 is 5.32 Å². The summed E-state index contributed by atoms with van der Waals surface area (Å²) in [6, 6.07) is 5.10. The summed E-state index contributed by atoms with van der Waals surface area (Å²) in [6.07, 6.45) is 1.24. The summed E-state index contributed by atoms with van der Waals surface area (Å²) in [5.74, 6) is 1.94. The number of aliphatic hydroxyl groups is 1. The normalized spacial score (nSPS) is 12.4. The predicted molar refractivity (Wildman–Crippen MR) is 81.8 cm³/mol. The summed E-state index contributed by atoms with van der Waals surface area (Å²) in [7, 11) is 0. The smallest absolute Gasteiger partial charge is 0.0929 e. The van der Waals surface area contributed by atoms with E-state index in [-0.39, 0.29) is 0 Å². The first kappa shape index (κ1) is 15.9. The Morgan fingerprint density at radius 1 is 1.44 bits per heavy atom. The van der Waals surface area contributed by atoms with Gasteiger partial charge in [-0.05, 0) is 18.2 Å². The third kappa shape index (κ3) is 5.63. The van der Waals surface area contributed by atoms with E-state index in [0.29, 0.717) is 22.2 Å². The molecule has 0 aromatic heterocycles. The van der Waals surface area contributed by atoms with E-state index >= 15 is 0 Å². The van der Waals surface area contributed by atoms with Crippen molar-refractivity contribution in [3.8, 4) is 0 Å². The highest BCUT2D eigenvalue weighted by molar-refractivity contribution is 7.99. The first-order chi connectivity index (χ1) is 8.65. The van der Waals surface area contributed by atoms with Crippen LogP contribution in [0.4, 0.5) is 0 Å². The Kier molecular flexibility index (Phi) is 7.79. The van der Waals surface area contributed by atoms with Crippen LogP contribution in [0.15, 0.2) is 30.9 Å². The van der Waals surface area contributed by atoms with Crippen molar-refractivity contribution >= 4 is 35.0 Å². The van der Waals surface area contributed by atoms with Gasteiger partial charge in [-0.1, -0.05) is 29.3 Å². The van der Waals surface area contributed by atoms with Crippen molar-refractivity contribution in [1.82, 2.24) is 5.32 Å². The molecule has 18 heavy (non-hydrogen) atoms.